The Bertz CT molecular complexity index is 295. The fourth-order valence-electron chi connectivity index (χ4n) is 1.96. The predicted octanol–water partition coefficient (Wildman–Crippen LogP) is 0.891. The van der Waals surface area contributed by atoms with E-state index in [1.54, 1.807) is 7.11 Å². The molecule has 0 aromatic rings. The molecule has 1 fully saturated rings. The van der Waals surface area contributed by atoms with E-state index in [1.807, 2.05) is 13.0 Å². The zero-order valence-corrected chi connectivity index (χ0v) is 11.5. The lowest BCUT2D eigenvalue weighted by Gasteiger charge is -2.25. The Morgan fingerprint density at radius 2 is 2.28 bits per heavy atom. The van der Waals surface area contributed by atoms with Gasteiger partial charge in [0.05, 0.1) is 13.7 Å². The van der Waals surface area contributed by atoms with Crippen LogP contribution in [0, 0.1) is 0 Å². The van der Waals surface area contributed by atoms with Crippen molar-refractivity contribution >= 4 is 5.97 Å². The van der Waals surface area contributed by atoms with Crippen molar-refractivity contribution in [3.63, 3.8) is 0 Å². The minimum absolute atomic E-state index is 0.217. The molecule has 0 aromatic carbocycles. The molecule has 1 aliphatic rings. The topological polar surface area (TPSA) is 56.8 Å². The second kappa shape index (κ2) is 7.51. The van der Waals surface area contributed by atoms with Crippen LogP contribution in [-0.4, -0.2) is 52.1 Å². The van der Waals surface area contributed by atoms with Crippen LogP contribution in [0.15, 0.2) is 11.6 Å². The third kappa shape index (κ3) is 4.08. The van der Waals surface area contributed by atoms with Gasteiger partial charge in [0.15, 0.2) is 0 Å². The molecule has 5 nitrogen and oxygen atoms in total. The lowest BCUT2D eigenvalue weighted by Crippen LogP contribution is -2.43. The van der Waals surface area contributed by atoms with Crippen molar-refractivity contribution < 1.29 is 19.0 Å². The monoisotopic (exact) mass is 257 g/mol. The molecule has 104 valence electrons. The zero-order valence-electron chi connectivity index (χ0n) is 11.5. The van der Waals surface area contributed by atoms with Crippen LogP contribution in [0.1, 0.15) is 19.8 Å². The van der Waals surface area contributed by atoms with Gasteiger partial charge in [0.25, 0.3) is 0 Å². The molecule has 5 heteroatoms. The summed E-state index contributed by atoms with van der Waals surface area (Å²) in [5.41, 5.74) is 0.477. The number of methoxy groups -OCH3 is 2. The molecule has 1 N–H and O–H groups in total. The van der Waals surface area contributed by atoms with Gasteiger partial charge in [-0.05, 0) is 6.42 Å². The maximum atomic E-state index is 11.3. The molecular formula is C13H23NO4. The second-order valence-corrected chi connectivity index (χ2v) is 4.40. The summed E-state index contributed by atoms with van der Waals surface area (Å²) in [6.45, 7) is 4.65. The van der Waals surface area contributed by atoms with Crippen LogP contribution in [-0.2, 0) is 19.0 Å². The van der Waals surface area contributed by atoms with Gasteiger partial charge < -0.3 is 19.5 Å². The maximum absolute atomic E-state index is 11.3. The molecule has 0 bridgehead atoms. The Hall–Kier alpha value is -0.910. The number of ether oxygens (including phenoxy) is 3. The van der Waals surface area contributed by atoms with Gasteiger partial charge in [-0.15, -0.1) is 0 Å². The Morgan fingerprint density at radius 3 is 2.78 bits per heavy atom. The molecule has 1 atom stereocenters. The average molecular weight is 257 g/mol. The van der Waals surface area contributed by atoms with E-state index >= 15 is 0 Å². The van der Waals surface area contributed by atoms with Crippen molar-refractivity contribution in [1.29, 1.82) is 0 Å². The highest BCUT2D eigenvalue weighted by molar-refractivity contribution is 5.88. The number of hydrogen-bond acceptors (Lipinski definition) is 5. The summed E-state index contributed by atoms with van der Waals surface area (Å²) in [6.07, 6.45) is 3.44. The average Bonchev–Trinajstić information content (AvgIpc) is 2.87. The van der Waals surface area contributed by atoms with Gasteiger partial charge in [0.2, 0.25) is 0 Å². The van der Waals surface area contributed by atoms with Gasteiger partial charge >= 0.3 is 5.97 Å². The zero-order chi connectivity index (χ0) is 13.4. The fraction of sp³-hybridized carbons (Fsp3) is 0.769. The van der Waals surface area contributed by atoms with Crippen LogP contribution in [0.4, 0.5) is 0 Å². The highest BCUT2D eigenvalue weighted by Crippen LogP contribution is 2.21. The summed E-state index contributed by atoms with van der Waals surface area (Å²) >= 11 is 0. The van der Waals surface area contributed by atoms with Crippen LogP contribution in [0.2, 0.25) is 0 Å². The first-order valence-corrected chi connectivity index (χ1v) is 6.28. The maximum Gasteiger partial charge on any atom is 0.333 e. The molecule has 0 amide bonds. The SMILES string of the molecule is CCC(=CCNCC1(OC)CCOC1)C(=O)OC. The predicted molar refractivity (Wildman–Crippen MR) is 68.4 cm³/mol. The summed E-state index contributed by atoms with van der Waals surface area (Å²) in [7, 11) is 3.10. The van der Waals surface area contributed by atoms with Crippen LogP contribution in [0.3, 0.4) is 0 Å². The van der Waals surface area contributed by atoms with Gasteiger partial charge in [-0.3, -0.25) is 0 Å². The van der Waals surface area contributed by atoms with E-state index in [4.69, 9.17) is 14.2 Å². The number of nitrogens with one attached hydrogen (secondary N) is 1. The van der Waals surface area contributed by atoms with Crippen molar-refractivity contribution in [2.45, 2.75) is 25.4 Å². The van der Waals surface area contributed by atoms with E-state index in [1.165, 1.54) is 7.11 Å². The summed E-state index contributed by atoms with van der Waals surface area (Å²) in [5, 5.41) is 3.27. The van der Waals surface area contributed by atoms with Gasteiger partial charge in [-0.2, -0.15) is 0 Å². The minimum atomic E-state index is -0.259. The molecule has 1 aliphatic heterocycles. The quantitative estimate of drug-likeness (QED) is 0.417. The van der Waals surface area contributed by atoms with Crippen molar-refractivity contribution in [3.8, 4) is 0 Å². The lowest BCUT2D eigenvalue weighted by molar-refractivity contribution is -0.136. The smallest absolute Gasteiger partial charge is 0.333 e. The van der Waals surface area contributed by atoms with E-state index in [-0.39, 0.29) is 11.6 Å². The Balaban J connectivity index is 2.36. The Kier molecular flexibility index (Phi) is 6.32. The molecule has 1 rings (SSSR count). The number of hydrogen-bond donors (Lipinski definition) is 1. The van der Waals surface area contributed by atoms with E-state index < -0.39 is 0 Å². The molecule has 1 heterocycles. The number of carbonyl (C=O) groups is 1. The Labute approximate surface area is 108 Å². The van der Waals surface area contributed by atoms with E-state index in [9.17, 15) is 4.79 Å². The largest absolute Gasteiger partial charge is 0.466 e. The second-order valence-electron chi connectivity index (χ2n) is 4.40. The molecule has 1 saturated heterocycles. The molecule has 1 unspecified atom stereocenters. The summed E-state index contributed by atoms with van der Waals surface area (Å²) in [5.74, 6) is -0.259. The van der Waals surface area contributed by atoms with Crippen molar-refractivity contribution in [2.75, 3.05) is 40.5 Å². The van der Waals surface area contributed by atoms with E-state index in [2.05, 4.69) is 5.32 Å². The lowest BCUT2D eigenvalue weighted by atomic mass is 10.0. The van der Waals surface area contributed by atoms with Gasteiger partial charge in [-0.1, -0.05) is 13.0 Å². The number of rotatable bonds is 7. The van der Waals surface area contributed by atoms with Crippen molar-refractivity contribution in [3.05, 3.63) is 11.6 Å². The highest BCUT2D eigenvalue weighted by atomic mass is 16.5. The van der Waals surface area contributed by atoms with E-state index in [0.29, 0.717) is 25.1 Å². The third-order valence-corrected chi connectivity index (χ3v) is 3.27. The van der Waals surface area contributed by atoms with Crippen LogP contribution in [0.5, 0.6) is 0 Å². The number of esters is 1. The number of carbonyl (C=O) groups excluding carboxylic acids is 1. The molecule has 0 spiro atoms. The van der Waals surface area contributed by atoms with E-state index in [0.717, 1.165) is 19.6 Å². The van der Waals surface area contributed by atoms with Crippen molar-refractivity contribution in [1.82, 2.24) is 5.32 Å². The molecule has 0 aromatic heterocycles. The van der Waals surface area contributed by atoms with Crippen LogP contribution in [0.25, 0.3) is 0 Å². The summed E-state index contributed by atoms with van der Waals surface area (Å²) in [6, 6.07) is 0. The Morgan fingerprint density at radius 1 is 1.50 bits per heavy atom. The molecular weight excluding hydrogens is 234 g/mol. The van der Waals surface area contributed by atoms with Crippen LogP contribution < -0.4 is 5.32 Å². The first-order valence-electron chi connectivity index (χ1n) is 6.28. The first kappa shape index (κ1) is 15.1. The minimum Gasteiger partial charge on any atom is -0.466 e. The third-order valence-electron chi connectivity index (χ3n) is 3.27. The molecule has 18 heavy (non-hydrogen) atoms. The fourth-order valence-corrected chi connectivity index (χ4v) is 1.96. The molecule has 0 aliphatic carbocycles. The van der Waals surface area contributed by atoms with Gasteiger partial charge in [-0.25, -0.2) is 4.79 Å². The first-order chi connectivity index (χ1) is 8.67. The highest BCUT2D eigenvalue weighted by Gasteiger charge is 2.34. The van der Waals surface area contributed by atoms with Crippen molar-refractivity contribution in [2.24, 2.45) is 0 Å². The molecule has 0 saturated carbocycles. The normalized spacial score (nSPS) is 24.3. The van der Waals surface area contributed by atoms with Gasteiger partial charge in [0.1, 0.15) is 5.60 Å². The standard InChI is InChI=1S/C13H23NO4/c1-4-11(12(15)16-2)5-7-14-9-13(17-3)6-8-18-10-13/h5,14H,4,6-10H2,1-3H3. The molecule has 0 radical (unpaired) electrons. The van der Waals surface area contributed by atoms with Gasteiger partial charge in [0, 0.05) is 38.8 Å². The summed E-state index contributed by atoms with van der Waals surface area (Å²) in [4.78, 5) is 11.3. The van der Waals surface area contributed by atoms with Crippen LogP contribution >= 0.6 is 0 Å². The summed E-state index contributed by atoms with van der Waals surface area (Å²) < 4.78 is 15.5.